The van der Waals surface area contributed by atoms with Crippen molar-refractivity contribution in [2.24, 2.45) is 0 Å². The number of hydrogen-bond acceptors (Lipinski definition) is 3. The standard InChI is InChI=1S/C14H20N2O2/c1-9-11(5-4-6-12(9)15)13(17)16-14(3)7-8-18-10(14)2/h4-6,10H,7-8,15H2,1-3H3,(H,16,17). The van der Waals surface area contributed by atoms with Crippen LogP contribution in [-0.2, 0) is 4.74 Å². The van der Waals surface area contributed by atoms with E-state index in [2.05, 4.69) is 5.32 Å². The van der Waals surface area contributed by atoms with Crippen LogP contribution < -0.4 is 11.1 Å². The Morgan fingerprint density at radius 3 is 2.89 bits per heavy atom. The number of hydrogen-bond donors (Lipinski definition) is 2. The highest BCUT2D eigenvalue weighted by molar-refractivity contribution is 5.97. The van der Waals surface area contributed by atoms with Crippen LogP contribution in [0, 0.1) is 6.92 Å². The lowest BCUT2D eigenvalue weighted by Gasteiger charge is -2.29. The Balaban J connectivity index is 2.20. The summed E-state index contributed by atoms with van der Waals surface area (Å²) in [6.45, 7) is 6.55. The maximum atomic E-state index is 12.3. The smallest absolute Gasteiger partial charge is 0.252 e. The van der Waals surface area contributed by atoms with E-state index in [1.165, 1.54) is 0 Å². The van der Waals surface area contributed by atoms with Gasteiger partial charge in [0.15, 0.2) is 0 Å². The van der Waals surface area contributed by atoms with Gasteiger partial charge in [0.25, 0.3) is 5.91 Å². The third-order valence-corrected chi connectivity index (χ3v) is 3.91. The highest BCUT2D eigenvalue weighted by Crippen LogP contribution is 2.26. The van der Waals surface area contributed by atoms with Crippen LogP contribution in [0.4, 0.5) is 5.69 Å². The number of benzene rings is 1. The Hall–Kier alpha value is -1.55. The molecule has 1 aromatic carbocycles. The molecular formula is C14H20N2O2. The van der Waals surface area contributed by atoms with Crippen molar-refractivity contribution in [3.05, 3.63) is 29.3 Å². The summed E-state index contributed by atoms with van der Waals surface area (Å²) in [5.74, 6) is -0.0837. The van der Waals surface area contributed by atoms with E-state index in [0.717, 1.165) is 12.0 Å². The van der Waals surface area contributed by atoms with E-state index < -0.39 is 0 Å². The van der Waals surface area contributed by atoms with Gasteiger partial charge < -0.3 is 15.8 Å². The minimum atomic E-state index is -0.297. The third kappa shape index (κ3) is 2.20. The first-order chi connectivity index (χ1) is 8.44. The molecule has 2 rings (SSSR count). The number of anilines is 1. The van der Waals surface area contributed by atoms with E-state index in [4.69, 9.17) is 10.5 Å². The van der Waals surface area contributed by atoms with Gasteiger partial charge >= 0.3 is 0 Å². The number of ether oxygens (including phenoxy) is 1. The average molecular weight is 248 g/mol. The van der Waals surface area contributed by atoms with Gasteiger partial charge in [-0.2, -0.15) is 0 Å². The molecule has 1 fully saturated rings. The molecule has 18 heavy (non-hydrogen) atoms. The van der Waals surface area contributed by atoms with Gasteiger partial charge in [0.05, 0.1) is 11.6 Å². The Labute approximate surface area is 108 Å². The number of carbonyl (C=O) groups excluding carboxylic acids is 1. The minimum absolute atomic E-state index is 0.0304. The van der Waals surface area contributed by atoms with E-state index in [0.29, 0.717) is 17.9 Å². The topological polar surface area (TPSA) is 64.4 Å². The first kappa shape index (κ1) is 12.9. The molecule has 2 atom stereocenters. The Bertz CT molecular complexity index is 473. The first-order valence-corrected chi connectivity index (χ1v) is 6.23. The Morgan fingerprint density at radius 2 is 2.28 bits per heavy atom. The molecule has 1 saturated heterocycles. The van der Waals surface area contributed by atoms with Crippen LogP contribution in [0.15, 0.2) is 18.2 Å². The normalized spacial score (nSPS) is 27.2. The fourth-order valence-electron chi connectivity index (χ4n) is 2.23. The largest absolute Gasteiger partial charge is 0.398 e. The lowest BCUT2D eigenvalue weighted by atomic mass is 9.93. The molecule has 4 heteroatoms. The van der Waals surface area contributed by atoms with Crippen molar-refractivity contribution >= 4 is 11.6 Å². The molecule has 1 aliphatic rings. The molecule has 1 aromatic rings. The van der Waals surface area contributed by atoms with E-state index >= 15 is 0 Å². The van der Waals surface area contributed by atoms with Crippen molar-refractivity contribution < 1.29 is 9.53 Å². The molecule has 1 amide bonds. The van der Waals surface area contributed by atoms with Crippen molar-refractivity contribution in [1.82, 2.24) is 5.32 Å². The Kier molecular flexibility index (Phi) is 3.30. The lowest BCUT2D eigenvalue weighted by molar-refractivity contribution is 0.0727. The van der Waals surface area contributed by atoms with Crippen LogP contribution in [0.3, 0.4) is 0 Å². The highest BCUT2D eigenvalue weighted by Gasteiger charge is 2.38. The van der Waals surface area contributed by atoms with Gasteiger partial charge in [-0.3, -0.25) is 4.79 Å². The second-order valence-corrected chi connectivity index (χ2v) is 5.15. The zero-order chi connectivity index (χ0) is 13.3. The zero-order valence-electron chi connectivity index (χ0n) is 11.1. The van der Waals surface area contributed by atoms with Gasteiger partial charge in [-0.05, 0) is 44.9 Å². The molecule has 0 aromatic heterocycles. The zero-order valence-corrected chi connectivity index (χ0v) is 11.1. The summed E-state index contributed by atoms with van der Waals surface area (Å²) in [6.07, 6.45) is 0.865. The summed E-state index contributed by atoms with van der Waals surface area (Å²) < 4.78 is 5.52. The first-order valence-electron chi connectivity index (χ1n) is 6.23. The van der Waals surface area contributed by atoms with Crippen molar-refractivity contribution in [2.75, 3.05) is 12.3 Å². The summed E-state index contributed by atoms with van der Waals surface area (Å²) in [5, 5.41) is 3.07. The molecule has 3 N–H and O–H groups in total. The van der Waals surface area contributed by atoms with Crippen LogP contribution in [0.1, 0.15) is 36.2 Å². The molecule has 0 radical (unpaired) electrons. The van der Waals surface area contributed by atoms with Crippen molar-refractivity contribution in [3.8, 4) is 0 Å². The molecule has 2 unspecified atom stereocenters. The predicted octanol–water partition coefficient (Wildman–Crippen LogP) is 1.87. The summed E-state index contributed by atoms with van der Waals surface area (Å²) >= 11 is 0. The number of nitrogens with two attached hydrogens (primary N) is 1. The van der Waals surface area contributed by atoms with E-state index in [9.17, 15) is 4.79 Å². The molecule has 0 bridgehead atoms. The molecule has 98 valence electrons. The minimum Gasteiger partial charge on any atom is -0.398 e. The SMILES string of the molecule is Cc1c(N)cccc1C(=O)NC1(C)CCOC1C. The van der Waals surface area contributed by atoms with Crippen LogP contribution in [-0.4, -0.2) is 24.2 Å². The number of nitrogen functional groups attached to an aromatic ring is 1. The van der Waals surface area contributed by atoms with Crippen LogP contribution in [0.2, 0.25) is 0 Å². The monoisotopic (exact) mass is 248 g/mol. The van der Waals surface area contributed by atoms with E-state index in [-0.39, 0.29) is 17.6 Å². The lowest BCUT2D eigenvalue weighted by Crippen LogP contribution is -2.50. The van der Waals surface area contributed by atoms with Crippen LogP contribution in [0.25, 0.3) is 0 Å². The van der Waals surface area contributed by atoms with Gasteiger partial charge in [-0.25, -0.2) is 0 Å². The van der Waals surface area contributed by atoms with Crippen molar-refractivity contribution in [2.45, 2.75) is 38.8 Å². The van der Waals surface area contributed by atoms with Gasteiger partial charge in [-0.1, -0.05) is 6.07 Å². The summed E-state index contributed by atoms with van der Waals surface area (Å²) in [5.41, 5.74) is 7.63. The predicted molar refractivity (Wildman–Crippen MR) is 71.5 cm³/mol. The molecule has 0 saturated carbocycles. The van der Waals surface area contributed by atoms with Gasteiger partial charge in [0.1, 0.15) is 0 Å². The second kappa shape index (κ2) is 4.61. The van der Waals surface area contributed by atoms with Gasteiger partial charge in [-0.15, -0.1) is 0 Å². The average Bonchev–Trinajstić information content (AvgIpc) is 2.62. The van der Waals surface area contributed by atoms with Crippen LogP contribution in [0.5, 0.6) is 0 Å². The fourth-order valence-corrected chi connectivity index (χ4v) is 2.23. The maximum absolute atomic E-state index is 12.3. The molecular weight excluding hydrogens is 228 g/mol. The fraction of sp³-hybridized carbons (Fsp3) is 0.500. The summed E-state index contributed by atoms with van der Waals surface area (Å²) in [6, 6.07) is 5.40. The molecule has 1 aliphatic heterocycles. The maximum Gasteiger partial charge on any atom is 0.252 e. The quantitative estimate of drug-likeness (QED) is 0.785. The number of amides is 1. The van der Waals surface area contributed by atoms with Gasteiger partial charge in [0.2, 0.25) is 0 Å². The Morgan fingerprint density at radius 1 is 1.56 bits per heavy atom. The molecule has 4 nitrogen and oxygen atoms in total. The van der Waals surface area contributed by atoms with Crippen molar-refractivity contribution in [1.29, 1.82) is 0 Å². The second-order valence-electron chi connectivity index (χ2n) is 5.15. The highest BCUT2D eigenvalue weighted by atomic mass is 16.5. The van der Waals surface area contributed by atoms with Gasteiger partial charge in [0, 0.05) is 17.9 Å². The molecule has 1 heterocycles. The van der Waals surface area contributed by atoms with Crippen molar-refractivity contribution in [3.63, 3.8) is 0 Å². The molecule has 0 spiro atoms. The number of carbonyl (C=O) groups is 1. The molecule has 0 aliphatic carbocycles. The summed E-state index contributed by atoms with van der Waals surface area (Å²) in [4.78, 5) is 12.3. The number of rotatable bonds is 2. The summed E-state index contributed by atoms with van der Waals surface area (Å²) in [7, 11) is 0. The number of nitrogens with one attached hydrogen (secondary N) is 1. The van der Waals surface area contributed by atoms with E-state index in [1.54, 1.807) is 18.2 Å². The van der Waals surface area contributed by atoms with Crippen LogP contribution >= 0.6 is 0 Å². The van der Waals surface area contributed by atoms with E-state index in [1.807, 2.05) is 20.8 Å². The third-order valence-electron chi connectivity index (χ3n) is 3.91.